The van der Waals surface area contributed by atoms with E-state index in [1.165, 1.54) is 11.8 Å². The number of hydrogen-bond donors (Lipinski definition) is 0. The van der Waals surface area contributed by atoms with Crippen LogP contribution in [0.2, 0.25) is 0 Å². The molecule has 0 aromatic carbocycles. The maximum atomic E-state index is 9.15. The number of nitriles is 1. The van der Waals surface area contributed by atoms with Gasteiger partial charge in [-0.05, 0) is 43.3 Å². The lowest BCUT2D eigenvalue weighted by Crippen LogP contribution is -1.98. The maximum absolute atomic E-state index is 9.15. The second kappa shape index (κ2) is 4.93. The first kappa shape index (κ1) is 11.6. The van der Waals surface area contributed by atoms with Crippen molar-refractivity contribution in [1.29, 1.82) is 5.26 Å². The molecule has 2 aromatic heterocycles. The molecule has 0 radical (unpaired) electrons. The first-order valence-corrected chi connectivity index (χ1v) is 5.87. The Bertz CT molecular complexity index is 575. The number of hydrogen-bond acceptors (Lipinski definition) is 5. The fourth-order valence-electron chi connectivity index (χ4n) is 1.30. The molecule has 17 heavy (non-hydrogen) atoms. The van der Waals surface area contributed by atoms with Gasteiger partial charge in [-0.2, -0.15) is 10.4 Å². The summed E-state index contributed by atoms with van der Waals surface area (Å²) in [4.78, 5) is 4.19. The monoisotopic (exact) mass is 242 g/mol. The van der Waals surface area contributed by atoms with E-state index >= 15 is 0 Å². The molecular formula is C12H10N4S. The number of aromatic nitrogens is 3. The molecule has 0 bridgehead atoms. The molecular weight excluding hydrogens is 232 g/mol. The number of pyridine rings is 1. The van der Waals surface area contributed by atoms with Gasteiger partial charge in [0, 0.05) is 6.20 Å². The smallest absolute Gasteiger partial charge is 0.143 e. The summed E-state index contributed by atoms with van der Waals surface area (Å²) in [5.41, 5.74) is 2.24. The minimum Gasteiger partial charge on any atom is -0.250 e. The summed E-state index contributed by atoms with van der Waals surface area (Å²) in [7, 11) is 0. The summed E-state index contributed by atoms with van der Waals surface area (Å²) < 4.78 is 0. The molecule has 84 valence electrons. The molecule has 0 saturated heterocycles. The average molecular weight is 242 g/mol. The van der Waals surface area contributed by atoms with Gasteiger partial charge in [0.2, 0.25) is 0 Å². The van der Waals surface area contributed by atoms with Crippen molar-refractivity contribution in [3.05, 3.63) is 41.2 Å². The van der Waals surface area contributed by atoms with Crippen LogP contribution in [-0.2, 0) is 0 Å². The highest BCUT2D eigenvalue weighted by molar-refractivity contribution is 7.99. The summed E-state index contributed by atoms with van der Waals surface area (Å²) in [6.07, 6.45) is 1.71. The highest BCUT2D eigenvalue weighted by Gasteiger charge is 2.12. The van der Waals surface area contributed by atoms with Gasteiger partial charge in [-0.1, -0.05) is 6.07 Å². The van der Waals surface area contributed by atoms with E-state index < -0.39 is 0 Å². The van der Waals surface area contributed by atoms with E-state index in [1.807, 2.05) is 32.0 Å². The van der Waals surface area contributed by atoms with E-state index in [1.54, 1.807) is 6.20 Å². The lowest BCUT2D eigenvalue weighted by Gasteiger charge is -2.05. The molecule has 5 heteroatoms. The SMILES string of the molecule is Cc1nnc(Sc2ccccn2)c(C#N)c1C. The fourth-order valence-corrected chi connectivity index (χ4v) is 2.14. The van der Waals surface area contributed by atoms with E-state index in [0.29, 0.717) is 10.6 Å². The molecule has 0 aliphatic carbocycles. The van der Waals surface area contributed by atoms with Gasteiger partial charge in [-0.3, -0.25) is 0 Å². The summed E-state index contributed by atoms with van der Waals surface area (Å²) in [6, 6.07) is 7.80. The lowest BCUT2D eigenvalue weighted by atomic mass is 10.1. The van der Waals surface area contributed by atoms with Gasteiger partial charge in [0.1, 0.15) is 16.1 Å². The Labute approximate surface area is 104 Å². The van der Waals surface area contributed by atoms with Gasteiger partial charge >= 0.3 is 0 Å². The normalized spacial score (nSPS) is 9.94. The van der Waals surface area contributed by atoms with E-state index in [-0.39, 0.29) is 0 Å². The van der Waals surface area contributed by atoms with Gasteiger partial charge in [0.15, 0.2) is 0 Å². The van der Waals surface area contributed by atoms with Crippen LogP contribution in [0.1, 0.15) is 16.8 Å². The van der Waals surface area contributed by atoms with E-state index in [9.17, 15) is 0 Å². The fraction of sp³-hybridized carbons (Fsp3) is 0.167. The van der Waals surface area contributed by atoms with E-state index in [4.69, 9.17) is 5.26 Å². The van der Waals surface area contributed by atoms with Gasteiger partial charge < -0.3 is 0 Å². The van der Waals surface area contributed by atoms with Crippen LogP contribution < -0.4 is 0 Å². The number of rotatable bonds is 2. The molecule has 0 aliphatic heterocycles. The molecule has 0 spiro atoms. The summed E-state index contributed by atoms with van der Waals surface area (Å²) in [5, 5.41) is 18.7. The number of aryl methyl sites for hydroxylation is 1. The largest absolute Gasteiger partial charge is 0.250 e. The van der Waals surface area contributed by atoms with E-state index in [0.717, 1.165) is 16.3 Å². The number of nitrogens with zero attached hydrogens (tertiary/aromatic N) is 4. The summed E-state index contributed by atoms with van der Waals surface area (Å²) >= 11 is 1.35. The molecule has 2 heterocycles. The van der Waals surface area contributed by atoms with Crippen molar-refractivity contribution in [3.63, 3.8) is 0 Å². The summed E-state index contributed by atoms with van der Waals surface area (Å²) in [5.74, 6) is 0. The summed E-state index contributed by atoms with van der Waals surface area (Å²) in [6.45, 7) is 3.73. The second-order valence-electron chi connectivity index (χ2n) is 3.47. The maximum Gasteiger partial charge on any atom is 0.143 e. The first-order chi connectivity index (χ1) is 8.22. The predicted molar refractivity (Wildman–Crippen MR) is 64.6 cm³/mol. The van der Waals surface area contributed by atoms with Crippen molar-refractivity contribution < 1.29 is 0 Å². The second-order valence-corrected chi connectivity index (χ2v) is 4.48. The Morgan fingerprint density at radius 3 is 2.71 bits per heavy atom. The zero-order chi connectivity index (χ0) is 12.3. The molecule has 0 amide bonds. The first-order valence-electron chi connectivity index (χ1n) is 5.05. The molecule has 2 rings (SSSR count). The van der Waals surface area contributed by atoms with Gasteiger partial charge in [0.05, 0.1) is 11.3 Å². The van der Waals surface area contributed by atoms with Crippen LogP contribution in [0.25, 0.3) is 0 Å². The molecule has 0 atom stereocenters. The quantitative estimate of drug-likeness (QED) is 0.809. The zero-order valence-corrected chi connectivity index (χ0v) is 10.3. The highest BCUT2D eigenvalue weighted by Crippen LogP contribution is 2.28. The van der Waals surface area contributed by atoms with Gasteiger partial charge in [-0.25, -0.2) is 4.98 Å². The van der Waals surface area contributed by atoms with Crippen molar-refractivity contribution in [2.45, 2.75) is 23.9 Å². The molecule has 2 aromatic rings. The highest BCUT2D eigenvalue weighted by atomic mass is 32.2. The van der Waals surface area contributed by atoms with Crippen molar-refractivity contribution in [3.8, 4) is 6.07 Å². The van der Waals surface area contributed by atoms with Crippen LogP contribution >= 0.6 is 11.8 Å². The third-order valence-corrected chi connectivity index (χ3v) is 3.30. The minimum absolute atomic E-state index is 0.577. The van der Waals surface area contributed by atoms with Crippen molar-refractivity contribution >= 4 is 11.8 Å². The Hall–Kier alpha value is -1.93. The van der Waals surface area contributed by atoms with Crippen LogP contribution in [0.3, 0.4) is 0 Å². The Kier molecular flexibility index (Phi) is 3.35. The van der Waals surface area contributed by atoms with Crippen molar-refractivity contribution in [1.82, 2.24) is 15.2 Å². The molecule has 0 aliphatic rings. The topological polar surface area (TPSA) is 62.5 Å². The van der Waals surface area contributed by atoms with E-state index in [2.05, 4.69) is 21.3 Å². The Morgan fingerprint density at radius 1 is 1.24 bits per heavy atom. The van der Waals surface area contributed by atoms with Gasteiger partial charge in [-0.15, -0.1) is 5.10 Å². The standard InChI is InChI=1S/C12H10N4S/c1-8-9(2)15-16-12(10(8)7-13)17-11-5-3-4-6-14-11/h3-6H,1-2H3. The molecule has 0 unspecified atom stereocenters. The third kappa shape index (κ3) is 2.43. The Balaban J connectivity index is 2.41. The minimum atomic E-state index is 0.577. The van der Waals surface area contributed by atoms with Crippen LogP contribution in [0.4, 0.5) is 0 Å². The lowest BCUT2D eigenvalue weighted by molar-refractivity contribution is 0.869. The van der Waals surface area contributed by atoms with Crippen LogP contribution in [0.15, 0.2) is 34.4 Å². The van der Waals surface area contributed by atoms with Crippen molar-refractivity contribution in [2.75, 3.05) is 0 Å². The van der Waals surface area contributed by atoms with Crippen LogP contribution in [0, 0.1) is 25.2 Å². The molecule has 0 fully saturated rings. The molecule has 4 nitrogen and oxygen atoms in total. The van der Waals surface area contributed by atoms with Crippen LogP contribution in [-0.4, -0.2) is 15.2 Å². The van der Waals surface area contributed by atoms with Crippen molar-refractivity contribution in [2.24, 2.45) is 0 Å². The predicted octanol–water partition coefficient (Wildman–Crippen LogP) is 2.51. The molecule has 0 N–H and O–H groups in total. The third-order valence-electron chi connectivity index (χ3n) is 2.37. The average Bonchev–Trinajstić information content (AvgIpc) is 2.36. The zero-order valence-electron chi connectivity index (χ0n) is 9.51. The van der Waals surface area contributed by atoms with Gasteiger partial charge in [0.25, 0.3) is 0 Å². The molecule has 0 saturated carbocycles. The Morgan fingerprint density at radius 2 is 2.06 bits per heavy atom. The van der Waals surface area contributed by atoms with Crippen LogP contribution in [0.5, 0.6) is 0 Å².